The fourth-order valence-electron chi connectivity index (χ4n) is 3.19. The van der Waals surface area contributed by atoms with Crippen molar-refractivity contribution in [3.63, 3.8) is 0 Å². The van der Waals surface area contributed by atoms with Gasteiger partial charge in [-0.3, -0.25) is 0 Å². The summed E-state index contributed by atoms with van der Waals surface area (Å²) in [6.45, 7) is 1.35. The van der Waals surface area contributed by atoms with E-state index in [2.05, 4.69) is 36.4 Å². The molecule has 3 aromatic carbocycles. The van der Waals surface area contributed by atoms with Crippen LogP contribution in [0, 0.1) is 0 Å². The molecule has 0 fully saturated rings. The van der Waals surface area contributed by atoms with Crippen molar-refractivity contribution in [3.05, 3.63) is 108 Å². The Morgan fingerprint density at radius 1 is 0.643 bits per heavy atom. The molecule has 1 aliphatic heterocycles. The summed E-state index contributed by atoms with van der Waals surface area (Å²) in [4.78, 5) is 4.85. The number of benzene rings is 3. The van der Waals surface area contributed by atoms with Crippen LogP contribution < -0.4 is 5.32 Å². The van der Waals surface area contributed by atoms with Crippen LogP contribution in [0.25, 0.3) is 11.4 Å². The molecule has 0 amide bonds. The second-order valence-corrected chi connectivity index (χ2v) is 6.71. The lowest BCUT2D eigenvalue weighted by Crippen LogP contribution is -2.11. The maximum atomic E-state index is 5.79. The van der Waals surface area contributed by atoms with E-state index in [4.69, 9.17) is 15.0 Å². The van der Waals surface area contributed by atoms with Crippen LogP contribution in [-0.2, 0) is 11.3 Å². The van der Waals surface area contributed by atoms with E-state index >= 15 is 0 Å². The predicted molar refractivity (Wildman–Crippen MR) is 115 cm³/mol. The largest absolute Gasteiger partial charge is 0.377 e. The highest BCUT2D eigenvalue weighted by atomic mass is 16.5. The summed E-state index contributed by atoms with van der Waals surface area (Å²) in [5, 5.41) is 4.85. The molecule has 0 atom stereocenters. The average molecular weight is 367 g/mol. The molecule has 0 spiro atoms. The number of ether oxygens (including phenoxy) is 1. The van der Waals surface area contributed by atoms with Crippen LogP contribution in [-0.4, -0.2) is 12.4 Å². The number of hydrogen-bond donors (Lipinski definition) is 0. The molecule has 1 aliphatic rings. The fraction of sp³-hybridized carbons (Fsp3) is 0.160. The van der Waals surface area contributed by atoms with E-state index in [0.29, 0.717) is 13.2 Å². The van der Waals surface area contributed by atoms with Gasteiger partial charge in [0.05, 0.1) is 18.0 Å². The lowest BCUT2D eigenvalue weighted by atomic mass is 10.1. The van der Waals surface area contributed by atoms with Crippen LogP contribution in [0.5, 0.6) is 0 Å². The first-order valence-corrected chi connectivity index (χ1v) is 9.66. The third-order valence-electron chi connectivity index (χ3n) is 4.60. The SMILES string of the molecule is c1ccc(COCCCC2=NC(c3ccccc3)=C(c3ccccc3)[N]2)cc1. The van der Waals surface area contributed by atoms with Gasteiger partial charge < -0.3 is 4.74 Å². The average Bonchev–Trinajstić information content (AvgIpc) is 3.20. The predicted octanol–water partition coefficient (Wildman–Crippen LogP) is 5.53. The zero-order chi connectivity index (χ0) is 19.0. The first-order chi connectivity index (χ1) is 13.9. The molecule has 3 nitrogen and oxygen atoms in total. The molecular formula is C25H23N2O. The van der Waals surface area contributed by atoms with Crippen LogP contribution in [0.3, 0.4) is 0 Å². The number of amidine groups is 1. The van der Waals surface area contributed by atoms with E-state index < -0.39 is 0 Å². The van der Waals surface area contributed by atoms with Crippen LogP contribution in [0.1, 0.15) is 29.5 Å². The molecule has 1 radical (unpaired) electrons. The summed E-state index contributed by atoms with van der Waals surface area (Å²) in [5.74, 6) is 0.876. The Labute approximate surface area is 166 Å². The van der Waals surface area contributed by atoms with Gasteiger partial charge in [-0.25, -0.2) is 10.3 Å². The highest BCUT2D eigenvalue weighted by Gasteiger charge is 2.21. The fourth-order valence-corrected chi connectivity index (χ4v) is 3.19. The van der Waals surface area contributed by atoms with E-state index in [0.717, 1.165) is 41.2 Å². The standard InChI is InChI=1S/C25H23N2O/c1-4-11-20(12-5-1)19-28-18-10-17-23-26-24(21-13-6-2-7-14-21)25(27-23)22-15-8-3-9-16-22/h1-9,11-16H,10,17-19H2. The molecule has 139 valence electrons. The van der Waals surface area contributed by atoms with Crippen molar-refractivity contribution in [3.8, 4) is 0 Å². The number of hydrogen-bond acceptors (Lipinski definition) is 2. The number of aliphatic imine (C=N–C) groups is 1. The van der Waals surface area contributed by atoms with Crippen molar-refractivity contribution in [2.24, 2.45) is 4.99 Å². The van der Waals surface area contributed by atoms with E-state index in [1.54, 1.807) is 0 Å². The molecule has 0 unspecified atom stereocenters. The third-order valence-corrected chi connectivity index (χ3v) is 4.60. The summed E-state index contributed by atoms with van der Waals surface area (Å²) in [5.41, 5.74) is 5.30. The van der Waals surface area contributed by atoms with Gasteiger partial charge in [0.25, 0.3) is 0 Å². The summed E-state index contributed by atoms with van der Waals surface area (Å²) in [6.07, 6.45) is 1.71. The molecule has 1 heterocycles. The topological polar surface area (TPSA) is 35.7 Å². The van der Waals surface area contributed by atoms with Crippen LogP contribution >= 0.6 is 0 Å². The molecule has 28 heavy (non-hydrogen) atoms. The maximum Gasteiger partial charge on any atom is 0.129 e. The molecule has 0 saturated heterocycles. The van der Waals surface area contributed by atoms with E-state index in [-0.39, 0.29) is 0 Å². The van der Waals surface area contributed by atoms with E-state index in [1.165, 1.54) is 5.56 Å². The number of nitrogens with zero attached hydrogens (tertiary/aromatic N) is 2. The molecule has 4 rings (SSSR count). The molecule has 0 N–H and O–H groups in total. The lowest BCUT2D eigenvalue weighted by Gasteiger charge is -2.06. The summed E-state index contributed by atoms with van der Waals surface area (Å²) >= 11 is 0. The molecule has 0 saturated carbocycles. The smallest absolute Gasteiger partial charge is 0.129 e. The van der Waals surface area contributed by atoms with Gasteiger partial charge in [-0.2, -0.15) is 0 Å². The lowest BCUT2D eigenvalue weighted by molar-refractivity contribution is 0.119. The second-order valence-electron chi connectivity index (χ2n) is 6.71. The maximum absolute atomic E-state index is 5.79. The minimum Gasteiger partial charge on any atom is -0.377 e. The number of rotatable bonds is 8. The monoisotopic (exact) mass is 367 g/mol. The summed E-state index contributed by atoms with van der Waals surface area (Å²) < 4.78 is 5.79. The zero-order valence-corrected chi connectivity index (χ0v) is 15.8. The Morgan fingerprint density at radius 2 is 1.21 bits per heavy atom. The molecule has 0 aromatic heterocycles. The highest BCUT2D eigenvalue weighted by molar-refractivity contribution is 6.07. The molecular weight excluding hydrogens is 344 g/mol. The van der Waals surface area contributed by atoms with Crippen LogP contribution in [0.15, 0.2) is 96.0 Å². The summed E-state index contributed by atoms with van der Waals surface area (Å²) in [7, 11) is 0. The molecule has 3 heteroatoms. The Kier molecular flexibility index (Phi) is 5.95. The Balaban J connectivity index is 1.38. The second kappa shape index (κ2) is 9.16. The minimum absolute atomic E-state index is 0.646. The van der Waals surface area contributed by atoms with Crippen molar-refractivity contribution in [1.82, 2.24) is 5.32 Å². The first kappa shape index (κ1) is 18.2. The Hall–Kier alpha value is -3.17. The van der Waals surface area contributed by atoms with Crippen molar-refractivity contribution in [2.75, 3.05) is 6.61 Å². The first-order valence-electron chi connectivity index (χ1n) is 9.66. The van der Waals surface area contributed by atoms with Crippen molar-refractivity contribution in [1.29, 1.82) is 0 Å². The van der Waals surface area contributed by atoms with E-state index in [1.807, 2.05) is 54.6 Å². The van der Waals surface area contributed by atoms with Gasteiger partial charge in [0.2, 0.25) is 0 Å². The van der Waals surface area contributed by atoms with Crippen molar-refractivity contribution >= 4 is 17.2 Å². The zero-order valence-electron chi connectivity index (χ0n) is 15.8. The van der Waals surface area contributed by atoms with Gasteiger partial charge in [-0.05, 0) is 12.0 Å². The Morgan fingerprint density at radius 3 is 1.86 bits per heavy atom. The van der Waals surface area contributed by atoms with Crippen LogP contribution in [0.2, 0.25) is 0 Å². The quantitative estimate of drug-likeness (QED) is 0.482. The van der Waals surface area contributed by atoms with Gasteiger partial charge in [-0.15, -0.1) is 0 Å². The minimum atomic E-state index is 0.646. The summed E-state index contributed by atoms with van der Waals surface area (Å²) in [6, 6.07) is 30.8. The normalized spacial score (nSPS) is 13.4. The molecule has 0 bridgehead atoms. The van der Waals surface area contributed by atoms with Crippen molar-refractivity contribution in [2.45, 2.75) is 19.4 Å². The highest BCUT2D eigenvalue weighted by Crippen LogP contribution is 2.31. The molecule has 0 aliphatic carbocycles. The van der Waals surface area contributed by atoms with Gasteiger partial charge in [0, 0.05) is 24.2 Å². The van der Waals surface area contributed by atoms with Gasteiger partial charge in [0.15, 0.2) is 0 Å². The van der Waals surface area contributed by atoms with Gasteiger partial charge >= 0.3 is 0 Å². The van der Waals surface area contributed by atoms with E-state index in [9.17, 15) is 0 Å². The van der Waals surface area contributed by atoms with Gasteiger partial charge in [-0.1, -0.05) is 91.0 Å². The molecule has 3 aromatic rings. The van der Waals surface area contributed by atoms with Gasteiger partial charge in [0.1, 0.15) is 5.84 Å². The Bertz CT molecular complexity index is 948. The van der Waals surface area contributed by atoms with Crippen LogP contribution in [0.4, 0.5) is 0 Å². The van der Waals surface area contributed by atoms with Crippen molar-refractivity contribution < 1.29 is 4.74 Å². The third kappa shape index (κ3) is 4.56.